The van der Waals surface area contributed by atoms with Crippen LogP contribution >= 0.6 is 11.6 Å². The van der Waals surface area contributed by atoms with Crippen LogP contribution in [0.5, 0.6) is 6.01 Å². The minimum Gasteiger partial charge on any atom is -0.467 e. The number of aryl methyl sites for hydroxylation is 2. The van der Waals surface area contributed by atoms with Gasteiger partial charge in [-0.2, -0.15) is 15.0 Å². The molecule has 6 heteroatoms. The van der Waals surface area contributed by atoms with E-state index in [9.17, 15) is 4.39 Å². The van der Waals surface area contributed by atoms with Crippen LogP contribution in [-0.2, 0) is 0 Å². The molecular formula is C12H11ClFN3O. The molecule has 0 N–H and O–H groups in total. The van der Waals surface area contributed by atoms with E-state index in [1.165, 1.54) is 13.2 Å². The summed E-state index contributed by atoms with van der Waals surface area (Å²) in [5.74, 6) is -0.223. The van der Waals surface area contributed by atoms with Crippen molar-refractivity contribution < 1.29 is 9.13 Å². The third-order valence-corrected chi connectivity index (χ3v) is 2.59. The topological polar surface area (TPSA) is 47.9 Å². The number of aromatic nitrogens is 3. The second-order valence-corrected chi connectivity index (χ2v) is 4.19. The fraction of sp³-hybridized carbons (Fsp3) is 0.250. The molecular weight excluding hydrogens is 257 g/mol. The average Bonchev–Trinajstić information content (AvgIpc) is 2.26. The molecule has 0 radical (unpaired) electrons. The molecule has 0 aliphatic carbocycles. The van der Waals surface area contributed by atoms with E-state index in [1.807, 2.05) is 13.0 Å². The molecule has 0 saturated carbocycles. The first-order valence-electron chi connectivity index (χ1n) is 5.24. The lowest BCUT2D eigenvalue weighted by atomic mass is 10.0. The molecule has 0 aliphatic heterocycles. The Morgan fingerprint density at radius 1 is 1.17 bits per heavy atom. The van der Waals surface area contributed by atoms with Crippen LogP contribution in [0, 0.1) is 19.7 Å². The second-order valence-electron chi connectivity index (χ2n) is 3.85. The Labute approximate surface area is 109 Å². The number of hydrogen-bond donors (Lipinski definition) is 0. The van der Waals surface area contributed by atoms with Crippen LogP contribution in [-0.4, -0.2) is 22.1 Å². The number of hydrogen-bond acceptors (Lipinski definition) is 4. The van der Waals surface area contributed by atoms with Crippen molar-refractivity contribution in [3.05, 3.63) is 34.4 Å². The zero-order valence-corrected chi connectivity index (χ0v) is 10.9. The number of nitrogens with zero attached hydrogens (tertiary/aromatic N) is 3. The number of halogens is 2. The fourth-order valence-electron chi connectivity index (χ4n) is 1.73. The van der Waals surface area contributed by atoms with E-state index in [2.05, 4.69) is 15.0 Å². The van der Waals surface area contributed by atoms with E-state index < -0.39 is 5.82 Å². The van der Waals surface area contributed by atoms with Crippen LogP contribution in [0.2, 0.25) is 5.28 Å². The number of methoxy groups -OCH3 is 1. The average molecular weight is 268 g/mol. The Morgan fingerprint density at radius 2 is 1.89 bits per heavy atom. The zero-order valence-electron chi connectivity index (χ0n) is 10.2. The first-order chi connectivity index (χ1) is 8.51. The van der Waals surface area contributed by atoms with Crippen molar-refractivity contribution in [3.8, 4) is 17.4 Å². The lowest BCUT2D eigenvalue weighted by Gasteiger charge is -2.08. The Hall–Kier alpha value is -1.75. The molecule has 0 bridgehead atoms. The molecule has 0 aliphatic rings. The molecule has 0 spiro atoms. The highest BCUT2D eigenvalue weighted by Crippen LogP contribution is 2.26. The molecule has 0 fully saturated rings. The van der Waals surface area contributed by atoms with Gasteiger partial charge in [-0.15, -0.1) is 0 Å². The van der Waals surface area contributed by atoms with Crippen LogP contribution in [0.1, 0.15) is 11.1 Å². The molecule has 1 aromatic heterocycles. The van der Waals surface area contributed by atoms with Gasteiger partial charge in [-0.1, -0.05) is 6.07 Å². The van der Waals surface area contributed by atoms with Crippen LogP contribution in [0.15, 0.2) is 12.1 Å². The van der Waals surface area contributed by atoms with E-state index in [0.29, 0.717) is 5.56 Å². The molecule has 0 atom stereocenters. The quantitative estimate of drug-likeness (QED) is 0.839. The predicted octanol–water partition coefficient (Wildman–Crippen LogP) is 2.96. The van der Waals surface area contributed by atoms with E-state index in [0.717, 1.165) is 11.1 Å². The van der Waals surface area contributed by atoms with Crippen molar-refractivity contribution in [1.82, 2.24) is 15.0 Å². The van der Waals surface area contributed by atoms with Crippen LogP contribution < -0.4 is 4.74 Å². The summed E-state index contributed by atoms with van der Waals surface area (Å²) >= 11 is 5.75. The van der Waals surface area contributed by atoms with Crippen molar-refractivity contribution in [3.63, 3.8) is 0 Å². The number of rotatable bonds is 2. The standard InChI is InChI=1S/C12H11ClFN3O/c1-6-4-7(2)9(8(14)5-6)10-15-11(13)17-12(16-10)18-3/h4-5H,1-3H3. The molecule has 1 heterocycles. The highest BCUT2D eigenvalue weighted by atomic mass is 35.5. The second kappa shape index (κ2) is 4.86. The van der Waals surface area contributed by atoms with E-state index in [-0.39, 0.29) is 17.1 Å². The van der Waals surface area contributed by atoms with Crippen molar-refractivity contribution in [1.29, 1.82) is 0 Å². The summed E-state index contributed by atoms with van der Waals surface area (Å²) in [6.45, 7) is 3.61. The van der Waals surface area contributed by atoms with Crippen molar-refractivity contribution in [2.24, 2.45) is 0 Å². The Morgan fingerprint density at radius 3 is 2.50 bits per heavy atom. The Bertz CT molecular complexity index is 581. The van der Waals surface area contributed by atoms with E-state index in [1.54, 1.807) is 6.92 Å². The van der Waals surface area contributed by atoms with Gasteiger partial charge in [0, 0.05) is 0 Å². The fourth-order valence-corrected chi connectivity index (χ4v) is 1.89. The summed E-state index contributed by atoms with van der Waals surface area (Å²) < 4.78 is 18.9. The molecule has 1 aromatic carbocycles. The maximum Gasteiger partial charge on any atom is 0.321 e. The number of ether oxygens (including phenoxy) is 1. The van der Waals surface area contributed by atoms with Crippen molar-refractivity contribution >= 4 is 11.6 Å². The lowest BCUT2D eigenvalue weighted by molar-refractivity contribution is 0.378. The van der Waals surface area contributed by atoms with Crippen LogP contribution in [0.25, 0.3) is 11.4 Å². The zero-order chi connectivity index (χ0) is 13.3. The normalized spacial score (nSPS) is 10.5. The van der Waals surface area contributed by atoms with Gasteiger partial charge in [0.05, 0.1) is 12.7 Å². The van der Waals surface area contributed by atoms with Gasteiger partial charge in [0.1, 0.15) is 5.82 Å². The maximum absolute atomic E-state index is 14.0. The molecule has 94 valence electrons. The van der Waals surface area contributed by atoms with Gasteiger partial charge in [0.25, 0.3) is 0 Å². The summed E-state index contributed by atoms with van der Waals surface area (Å²) in [6, 6.07) is 3.33. The highest BCUT2D eigenvalue weighted by Gasteiger charge is 2.15. The molecule has 4 nitrogen and oxygen atoms in total. The smallest absolute Gasteiger partial charge is 0.321 e. The molecule has 0 saturated heterocycles. The van der Waals surface area contributed by atoms with E-state index >= 15 is 0 Å². The predicted molar refractivity (Wildman–Crippen MR) is 66.3 cm³/mol. The van der Waals surface area contributed by atoms with Gasteiger partial charge >= 0.3 is 6.01 Å². The minimum atomic E-state index is -0.392. The third-order valence-electron chi connectivity index (χ3n) is 2.43. The van der Waals surface area contributed by atoms with Crippen molar-refractivity contribution in [2.45, 2.75) is 13.8 Å². The monoisotopic (exact) mass is 267 g/mol. The third kappa shape index (κ3) is 2.41. The summed E-state index contributed by atoms with van der Waals surface area (Å²) in [4.78, 5) is 11.7. The molecule has 0 unspecified atom stereocenters. The molecule has 18 heavy (non-hydrogen) atoms. The van der Waals surface area contributed by atoms with Gasteiger partial charge in [-0.25, -0.2) is 4.39 Å². The molecule has 2 rings (SSSR count). The van der Waals surface area contributed by atoms with Crippen LogP contribution in [0.3, 0.4) is 0 Å². The van der Waals surface area contributed by atoms with Gasteiger partial charge < -0.3 is 4.74 Å². The summed E-state index contributed by atoms with van der Waals surface area (Å²) in [6.07, 6.45) is 0. The first-order valence-corrected chi connectivity index (χ1v) is 5.61. The molecule has 2 aromatic rings. The Kier molecular flexibility index (Phi) is 3.43. The number of benzene rings is 1. The van der Waals surface area contributed by atoms with Gasteiger partial charge in [-0.3, -0.25) is 0 Å². The lowest BCUT2D eigenvalue weighted by Crippen LogP contribution is -2.01. The SMILES string of the molecule is COc1nc(Cl)nc(-c2c(C)cc(C)cc2F)n1. The maximum atomic E-state index is 14.0. The highest BCUT2D eigenvalue weighted by molar-refractivity contribution is 6.28. The van der Waals surface area contributed by atoms with Crippen molar-refractivity contribution in [2.75, 3.05) is 7.11 Å². The summed E-state index contributed by atoms with van der Waals surface area (Å²) in [5.41, 5.74) is 1.88. The Balaban J connectivity index is 2.65. The van der Waals surface area contributed by atoms with Gasteiger partial charge in [0.15, 0.2) is 5.82 Å². The van der Waals surface area contributed by atoms with Gasteiger partial charge in [-0.05, 0) is 42.6 Å². The van der Waals surface area contributed by atoms with Crippen LogP contribution in [0.4, 0.5) is 4.39 Å². The summed E-state index contributed by atoms with van der Waals surface area (Å²) in [5, 5.41) is -0.0313. The van der Waals surface area contributed by atoms with E-state index in [4.69, 9.17) is 16.3 Å². The minimum absolute atomic E-state index is 0.0313. The summed E-state index contributed by atoms with van der Waals surface area (Å²) in [7, 11) is 1.41. The molecule has 0 amide bonds. The largest absolute Gasteiger partial charge is 0.467 e. The first kappa shape index (κ1) is 12.7. The van der Waals surface area contributed by atoms with Gasteiger partial charge in [0.2, 0.25) is 5.28 Å².